The van der Waals surface area contributed by atoms with Crippen LogP contribution in [0.4, 0.5) is 4.39 Å². The molecule has 1 heterocycles. The summed E-state index contributed by atoms with van der Waals surface area (Å²) in [6, 6.07) is 5.34. The molecule has 1 aliphatic rings. The standard InChI is InChI=1S/C14H19ClFN/c1-2-8-17-9-6-11(7-10-17)12-4-3-5-13(15)14(12)16/h3-5,11H,2,6-10H2,1H3. The van der Waals surface area contributed by atoms with Crippen molar-refractivity contribution in [1.29, 1.82) is 0 Å². The number of benzene rings is 1. The Hall–Kier alpha value is -0.600. The number of likely N-dealkylation sites (tertiary alicyclic amines) is 1. The number of hydrogen-bond acceptors (Lipinski definition) is 1. The Morgan fingerprint density at radius 3 is 2.71 bits per heavy atom. The van der Waals surface area contributed by atoms with Gasteiger partial charge in [-0.2, -0.15) is 0 Å². The first-order valence-corrected chi connectivity index (χ1v) is 6.76. The van der Waals surface area contributed by atoms with E-state index in [4.69, 9.17) is 11.6 Å². The second-order valence-electron chi connectivity index (χ2n) is 4.76. The summed E-state index contributed by atoms with van der Waals surface area (Å²) >= 11 is 5.83. The summed E-state index contributed by atoms with van der Waals surface area (Å²) in [6.45, 7) is 5.50. The molecule has 3 heteroatoms. The van der Waals surface area contributed by atoms with Crippen LogP contribution in [-0.2, 0) is 0 Å². The van der Waals surface area contributed by atoms with Crippen LogP contribution in [0.1, 0.15) is 37.7 Å². The molecule has 0 bridgehead atoms. The van der Waals surface area contributed by atoms with Crippen molar-refractivity contribution >= 4 is 11.6 Å². The second kappa shape index (κ2) is 5.83. The average molecular weight is 256 g/mol. The highest BCUT2D eigenvalue weighted by Crippen LogP contribution is 2.32. The van der Waals surface area contributed by atoms with Gasteiger partial charge in [-0.05, 0) is 56.4 Å². The monoisotopic (exact) mass is 255 g/mol. The van der Waals surface area contributed by atoms with E-state index >= 15 is 0 Å². The maximum Gasteiger partial charge on any atom is 0.145 e. The Balaban J connectivity index is 2.03. The van der Waals surface area contributed by atoms with Gasteiger partial charge in [0, 0.05) is 0 Å². The first-order chi connectivity index (χ1) is 8.22. The van der Waals surface area contributed by atoms with Crippen LogP contribution in [0, 0.1) is 5.82 Å². The van der Waals surface area contributed by atoms with Crippen molar-refractivity contribution in [3.8, 4) is 0 Å². The summed E-state index contributed by atoms with van der Waals surface area (Å²) in [5.41, 5.74) is 0.800. The lowest BCUT2D eigenvalue weighted by molar-refractivity contribution is 0.211. The van der Waals surface area contributed by atoms with Gasteiger partial charge in [0.1, 0.15) is 5.82 Å². The summed E-state index contributed by atoms with van der Waals surface area (Å²) in [6.07, 6.45) is 3.27. The summed E-state index contributed by atoms with van der Waals surface area (Å²) in [7, 11) is 0. The topological polar surface area (TPSA) is 3.24 Å². The molecule has 0 N–H and O–H groups in total. The molecule has 0 aliphatic carbocycles. The molecule has 1 aromatic rings. The maximum atomic E-state index is 13.9. The molecule has 1 saturated heterocycles. The van der Waals surface area contributed by atoms with Crippen LogP contribution < -0.4 is 0 Å². The molecule has 94 valence electrons. The molecule has 0 unspecified atom stereocenters. The van der Waals surface area contributed by atoms with Gasteiger partial charge in [-0.25, -0.2) is 4.39 Å². The van der Waals surface area contributed by atoms with Crippen molar-refractivity contribution in [3.63, 3.8) is 0 Å². The molecule has 1 nitrogen and oxygen atoms in total. The Morgan fingerprint density at radius 1 is 1.35 bits per heavy atom. The molecule has 2 rings (SSSR count). The summed E-state index contributed by atoms with van der Waals surface area (Å²) < 4.78 is 13.9. The molecule has 0 spiro atoms. The molecule has 0 atom stereocenters. The Morgan fingerprint density at radius 2 is 2.06 bits per heavy atom. The highest BCUT2D eigenvalue weighted by atomic mass is 35.5. The van der Waals surface area contributed by atoms with Crippen molar-refractivity contribution in [2.75, 3.05) is 19.6 Å². The van der Waals surface area contributed by atoms with Gasteiger partial charge in [0.05, 0.1) is 5.02 Å². The predicted molar refractivity (Wildman–Crippen MR) is 70.1 cm³/mol. The van der Waals surface area contributed by atoms with E-state index in [0.29, 0.717) is 5.92 Å². The number of halogens is 2. The normalized spacial score (nSPS) is 18.5. The lowest BCUT2D eigenvalue weighted by atomic mass is 9.89. The van der Waals surface area contributed by atoms with E-state index in [2.05, 4.69) is 11.8 Å². The van der Waals surface area contributed by atoms with E-state index in [1.807, 2.05) is 12.1 Å². The Kier molecular flexibility index (Phi) is 4.41. The largest absolute Gasteiger partial charge is 0.303 e. The minimum absolute atomic E-state index is 0.219. The van der Waals surface area contributed by atoms with Gasteiger partial charge in [0.15, 0.2) is 0 Å². The van der Waals surface area contributed by atoms with Gasteiger partial charge in [0.2, 0.25) is 0 Å². The highest BCUT2D eigenvalue weighted by Gasteiger charge is 2.22. The Bertz CT molecular complexity index is 372. The highest BCUT2D eigenvalue weighted by molar-refractivity contribution is 6.30. The van der Waals surface area contributed by atoms with Crippen molar-refractivity contribution in [2.24, 2.45) is 0 Å². The van der Waals surface area contributed by atoms with Crippen LogP contribution in [0.25, 0.3) is 0 Å². The molecule has 0 saturated carbocycles. The van der Waals surface area contributed by atoms with Gasteiger partial charge in [-0.1, -0.05) is 30.7 Å². The van der Waals surface area contributed by atoms with Gasteiger partial charge < -0.3 is 4.90 Å². The van der Waals surface area contributed by atoms with E-state index in [-0.39, 0.29) is 10.8 Å². The molecule has 1 aliphatic heterocycles. The minimum atomic E-state index is -0.219. The first-order valence-electron chi connectivity index (χ1n) is 6.38. The van der Waals surface area contributed by atoms with Crippen LogP contribution in [0.5, 0.6) is 0 Å². The van der Waals surface area contributed by atoms with Crippen LogP contribution >= 0.6 is 11.6 Å². The second-order valence-corrected chi connectivity index (χ2v) is 5.17. The zero-order valence-electron chi connectivity index (χ0n) is 10.3. The van der Waals surface area contributed by atoms with E-state index in [1.54, 1.807) is 6.07 Å². The quantitative estimate of drug-likeness (QED) is 0.787. The maximum absolute atomic E-state index is 13.9. The van der Waals surface area contributed by atoms with Crippen molar-refractivity contribution in [1.82, 2.24) is 4.90 Å². The summed E-state index contributed by atoms with van der Waals surface area (Å²) in [4.78, 5) is 2.46. The molecule has 0 amide bonds. The number of rotatable bonds is 3. The lowest BCUT2D eigenvalue weighted by Crippen LogP contribution is -2.33. The first kappa shape index (κ1) is 12.8. The fraction of sp³-hybridized carbons (Fsp3) is 0.571. The van der Waals surface area contributed by atoms with Crippen LogP contribution in [0.2, 0.25) is 5.02 Å². The number of hydrogen-bond donors (Lipinski definition) is 0. The molecule has 0 radical (unpaired) electrons. The van der Waals surface area contributed by atoms with E-state index in [1.165, 1.54) is 6.42 Å². The lowest BCUT2D eigenvalue weighted by Gasteiger charge is -2.32. The van der Waals surface area contributed by atoms with Gasteiger partial charge in [0.25, 0.3) is 0 Å². The summed E-state index contributed by atoms with van der Waals surface area (Å²) in [5, 5.41) is 0.249. The van der Waals surface area contributed by atoms with Crippen molar-refractivity contribution < 1.29 is 4.39 Å². The van der Waals surface area contributed by atoms with Gasteiger partial charge >= 0.3 is 0 Å². The van der Waals surface area contributed by atoms with E-state index in [9.17, 15) is 4.39 Å². The Labute approximate surface area is 108 Å². The third-order valence-electron chi connectivity index (χ3n) is 3.55. The van der Waals surface area contributed by atoms with E-state index < -0.39 is 0 Å². The van der Waals surface area contributed by atoms with Crippen LogP contribution in [-0.4, -0.2) is 24.5 Å². The number of nitrogens with zero attached hydrogens (tertiary/aromatic N) is 1. The smallest absolute Gasteiger partial charge is 0.145 e. The van der Waals surface area contributed by atoms with Gasteiger partial charge in [-0.15, -0.1) is 0 Å². The predicted octanol–water partition coefficient (Wildman–Crippen LogP) is 4.07. The number of piperidine rings is 1. The average Bonchev–Trinajstić information content (AvgIpc) is 2.34. The van der Waals surface area contributed by atoms with Gasteiger partial charge in [-0.3, -0.25) is 0 Å². The molecule has 17 heavy (non-hydrogen) atoms. The third-order valence-corrected chi connectivity index (χ3v) is 3.84. The molecule has 1 fully saturated rings. The summed E-state index contributed by atoms with van der Waals surface area (Å²) in [5.74, 6) is 0.116. The zero-order valence-corrected chi connectivity index (χ0v) is 11.0. The van der Waals surface area contributed by atoms with E-state index in [0.717, 1.165) is 38.0 Å². The van der Waals surface area contributed by atoms with Crippen molar-refractivity contribution in [3.05, 3.63) is 34.6 Å². The zero-order chi connectivity index (χ0) is 12.3. The molecular formula is C14H19ClFN. The molecule has 0 aromatic heterocycles. The fourth-order valence-corrected chi connectivity index (χ4v) is 2.80. The molecule has 1 aromatic carbocycles. The van der Waals surface area contributed by atoms with Crippen LogP contribution in [0.15, 0.2) is 18.2 Å². The molecular weight excluding hydrogens is 237 g/mol. The SMILES string of the molecule is CCCN1CCC(c2cccc(Cl)c2F)CC1. The van der Waals surface area contributed by atoms with Crippen molar-refractivity contribution in [2.45, 2.75) is 32.1 Å². The third kappa shape index (κ3) is 2.99. The van der Waals surface area contributed by atoms with Crippen LogP contribution in [0.3, 0.4) is 0 Å². The fourth-order valence-electron chi connectivity index (χ4n) is 2.62. The minimum Gasteiger partial charge on any atom is -0.303 e.